The van der Waals surface area contributed by atoms with Crippen LogP contribution in [0, 0.1) is 0 Å². The van der Waals surface area contributed by atoms with Crippen LogP contribution in [0.4, 0.5) is 0 Å². The van der Waals surface area contributed by atoms with E-state index in [2.05, 4.69) is 43.1 Å². The van der Waals surface area contributed by atoms with Crippen molar-refractivity contribution in [3.8, 4) is 0 Å². The fourth-order valence-electron chi connectivity index (χ4n) is 1.42. The fourth-order valence-corrected chi connectivity index (χ4v) is 1.49. The number of hydrogen-bond donors (Lipinski definition) is 1. The second-order valence-corrected chi connectivity index (χ2v) is 3.80. The molecule has 0 spiro atoms. The Hall–Kier alpha value is -0.790. The van der Waals surface area contributed by atoms with Gasteiger partial charge >= 0.3 is 0 Å². The molecular weight excluding hydrogens is 194 g/mol. The quantitative estimate of drug-likeness (QED) is 0.783. The van der Waals surface area contributed by atoms with Gasteiger partial charge in [-0.05, 0) is 12.0 Å². The molecule has 1 nitrogen and oxygen atoms in total. The minimum atomic E-state index is 0.367. The third-order valence-corrected chi connectivity index (χ3v) is 2.28. The third kappa shape index (κ3) is 3.52. The van der Waals surface area contributed by atoms with Gasteiger partial charge in [0, 0.05) is 17.6 Å². The van der Waals surface area contributed by atoms with Crippen molar-refractivity contribution in [2.75, 3.05) is 6.54 Å². The molecule has 1 unspecified atom stereocenters. The normalized spacial score (nSPS) is 12.4. The number of hydrogen-bond acceptors (Lipinski definition) is 1. The lowest BCUT2D eigenvalue weighted by Crippen LogP contribution is -2.21. The van der Waals surface area contributed by atoms with Crippen molar-refractivity contribution in [1.82, 2.24) is 5.32 Å². The summed E-state index contributed by atoms with van der Waals surface area (Å²) in [5.74, 6) is 0. The van der Waals surface area contributed by atoms with Crippen molar-refractivity contribution in [2.24, 2.45) is 0 Å². The molecule has 0 aliphatic carbocycles. The molecule has 0 aromatic heterocycles. The molecule has 0 saturated carbocycles. The third-order valence-electron chi connectivity index (χ3n) is 2.15. The van der Waals surface area contributed by atoms with Crippen LogP contribution in [0.15, 0.2) is 41.9 Å². The van der Waals surface area contributed by atoms with E-state index in [-0.39, 0.29) is 0 Å². The second kappa shape index (κ2) is 5.84. The highest BCUT2D eigenvalue weighted by atomic mass is 35.5. The van der Waals surface area contributed by atoms with Gasteiger partial charge in [0.05, 0.1) is 0 Å². The van der Waals surface area contributed by atoms with Crippen LogP contribution in [-0.4, -0.2) is 6.54 Å². The van der Waals surface area contributed by atoms with Crippen LogP contribution in [0.1, 0.15) is 24.9 Å². The summed E-state index contributed by atoms with van der Waals surface area (Å²) in [6.45, 7) is 6.47. The van der Waals surface area contributed by atoms with Gasteiger partial charge in [-0.2, -0.15) is 0 Å². The molecule has 1 atom stereocenters. The van der Waals surface area contributed by atoms with E-state index in [0.29, 0.717) is 17.6 Å². The maximum atomic E-state index is 5.71. The van der Waals surface area contributed by atoms with E-state index in [1.54, 1.807) is 0 Å². The van der Waals surface area contributed by atoms with Gasteiger partial charge in [-0.1, -0.05) is 55.4 Å². The average molecular weight is 210 g/mol. The zero-order chi connectivity index (χ0) is 10.4. The molecule has 1 rings (SSSR count). The van der Waals surface area contributed by atoms with Gasteiger partial charge in [0.15, 0.2) is 0 Å². The van der Waals surface area contributed by atoms with Crippen molar-refractivity contribution >= 4 is 11.6 Å². The molecule has 0 saturated heterocycles. The predicted octanol–water partition coefficient (Wildman–Crippen LogP) is 3.48. The molecule has 0 heterocycles. The molecule has 0 aliphatic rings. The largest absolute Gasteiger partial charge is 0.305 e. The van der Waals surface area contributed by atoms with Crippen molar-refractivity contribution < 1.29 is 0 Å². The molecule has 76 valence electrons. The smallest absolute Gasteiger partial charge is 0.0320 e. The Kier molecular flexibility index (Phi) is 4.71. The second-order valence-electron chi connectivity index (χ2n) is 3.27. The van der Waals surface area contributed by atoms with Gasteiger partial charge in [-0.15, -0.1) is 0 Å². The number of nitrogens with one attached hydrogen (secondary N) is 1. The number of benzene rings is 1. The molecule has 0 aliphatic heterocycles. The molecule has 0 bridgehead atoms. The highest BCUT2D eigenvalue weighted by molar-refractivity contribution is 6.29. The van der Waals surface area contributed by atoms with Crippen molar-refractivity contribution in [3.05, 3.63) is 47.5 Å². The molecule has 1 N–H and O–H groups in total. The van der Waals surface area contributed by atoms with Gasteiger partial charge in [-0.25, -0.2) is 0 Å². The van der Waals surface area contributed by atoms with Crippen molar-refractivity contribution in [2.45, 2.75) is 19.4 Å². The van der Waals surface area contributed by atoms with Crippen LogP contribution >= 0.6 is 11.6 Å². The summed E-state index contributed by atoms with van der Waals surface area (Å²) >= 11 is 5.71. The standard InChI is InChI=1S/C12H16ClN/c1-3-12(14-9-10(2)13)11-7-5-4-6-8-11/h4-8,12,14H,2-3,9H2,1H3. The van der Waals surface area contributed by atoms with Crippen LogP contribution in [0.5, 0.6) is 0 Å². The lowest BCUT2D eigenvalue weighted by molar-refractivity contribution is 0.549. The monoisotopic (exact) mass is 209 g/mol. The van der Waals surface area contributed by atoms with E-state index < -0.39 is 0 Å². The average Bonchev–Trinajstić information content (AvgIpc) is 2.20. The molecule has 1 aromatic rings. The Labute approximate surface area is 90.8 Å². The first-order valence-electron chi connectivity index (χ1n) is 4.85. The summed E-state index contributed by atoms with van der Waals surface area (Å²) < 4.78 is 0. The predicted molar refractivity (Wildman–Crippen MR) is 62.5 cm³/mol. The fraction of sp³-hybridized carbons (Fsp3) is 0.333. The topological polar surface area (TPSA) is 12.0 Å². The first kappa shape index (κ1) is 11.3. The van der Waals surface area contributed by atoms with Gasteiger partial charge in [0.2, 0.25) is 0 Å². The molecule has 2 heteroatoms. The lowest BCUT2D eigenvalue weighted by atomic mass is 10.1. The SMILES string of the molecule is C=C(Cl)CNC(CC)c1ccccc1. The summed E-state index contributed by atoms with van der Waals surface area (Å²) in [7, 11) is 0. The summed E-state index contributed by atoms with van der Waals surface area (Å²) in [6.07, 6.45) is 1.05. The van der Waals surface area contributed by atoms with E-state index in [9.17, 15) is 0 Å². The van der Waals surface area contributed by atoms with Crippen molar-refractivity contribution in [3.63, 3.8) is 0 Å². The maximum Gasteiger partial charge on any atom is 0.0320 e. The molecule has 1 aromatic carbocycles. The van der Waals surface area contributed by atoms with E-state index in [4.69, 9.17) is 11.6 Å². The summed E-state index contributed by atoms with van der Waals surface area (Å²) in [6, 6.07) is 10.7. The van der Waals surface area contributed by atoms with E-state index >= 15 is 0 Å². The Morgan fingerprint density at radius 3 is 2.57 bits per heavy atom. The Morgan fingerprint density at radius 2 is 2.07 bits per heavy atom. The zero-order valence-corrected chi connectivity index (χ0v) is 9.22. The Morgan fingerprint density at radius 1 is 1.43 bits per heavy atom. The minimum absolute atomic E-state index is 0.367. The zero-order valence-electron chi connectivity index (χ0n) is 8.46. The highest BCUT2D eigenvalue weighted by Crippen LogP contribution is 2.16. The molecule has 0 fully saturated rings. The van der Waals surface area contributed by atoms with Gasteiger partial charge in [0.25, 0.3) is 0 Å². The summed E-state index contributed by atoms with van der Waals surface area (Å²) in [5.41, 5.74) is 1.30. The Bertz CT molecular complexity index is 282. The van der Waals surface area contributed by atoms with Crippen LogP contribution in [0.25, 0.3) is 0 Å². The van der Waals surface area contributed by atoms with Crippen LogP contribution in [0.2, 0.25) is 0 Å². The van der Waals surface area contributed by atoms with Gasteiger partial charge < -0.3 is 5.32 Å². The Balaban J connectivity index is 2.58. The molecular formula is C12H16ClN. The molecule has 0 amide bonds. The molecule has 14 heavy (non-hydrogen) atoms. The van der Waals surface area contributed by atoms with Gasteiger partial charge in [0.1, 0.15) is 0 Å². The van der Waals surface area contributed by atoms with Crippen LogP contribution in [0.3, 0.4) is 0 Å². The minimum Gasteiger partial charge on any atom is -0.305 e. The van der Waals surface area contributed by atoms with E-state index in [1.807, 2.05) is 6.07 Å². The number of rotatable bonds is 5. The first-order chi connectivity index (χ1) is 6.74. The van der Waals surface area contributed by atoms with Crippen molar-refractivity contribution in [1.29, 1.82) is 0 Å². The highest BCUT2D eigenvalue weighted by Gasteiger charge is 2.06. The maximum absolute atomic E-state index is 5.71. The number of halogens is 1. The molecule has 0 radical (unpaired) electrons. The van der Waals surface area contributed by atoms with Gasteiger partial charge in [-0.3, -0.25) is 0 Å². The summed E-state index contributed by atoms with van der Waals surface area (Å²) in [5, 5.41) is 4.01. The van der Waals surface area contributed by atoms with E-state index in [0.717, 1.165) is 6.42 Å². The lowest BCUT2D eigenvalue weighted by Gasteiger charge is -2.16. The summed E-state index contributed by atoms with van der Waals surface area (Å²) in [4.78, 5) is 0. The van der Waals surface area contributed by atoms with Crippen LogP contribution < -0.4 is 5.32 Å². The van der Waals surface area contributed by atoms with E-state index in [1.165, 1.54) is 5.56 Å². The van der Waals surface area contributed by atoms with Crippen LogP contribution in [-0.2, 0) is 0 Å². The first-order valence-corrected chi connectivity index (χ1v) is 5.23.